The topological polar surface area (TPSA) is 110 Å². The summed E-state index contributed by atoms with van der Waals surface area (Å²) < 4.78 is 5.28. The lowest BCUT2D eigenvalue weighted by Crippen LogP contribution is -2.50. The van der Waals surface area contributed by atoms with Crippen LogP contribution >= 0.6 is 11.8 Å². The number of rotatable bonds is 6. The number of amides is 2. The van der Waals surface area contributed by atoms with E-state index in [0.29, 0.717) is 21.9 Å². The van der Waals surface area contributed by atoms with E-state index in [1.807, 2.05) is 6.26 Å². The number of thioether (sulfide) groups is 1. The second kappa shape index (κ2) is 8.93. The SMILES string of the molecule is CSCC[C@@H](C(=O)O)N(C(=O)OC(C)(C)C)C(=O)c1ccc(N)c(C)c1. The normalized spacial score (nSPS) is 12.3. The zero-order valence-electron chi connectivity index (χ0n) is 15.7. The van der Waals surface area contributed by atoms with Crippen molar-refractivity contribution in [3.63, 3.8) is 0 Å². The lowest BCUT2D eigenvalue weighted by Gasteiger charge is -2.30. The Balaban J connectivity index is 3.32. The largest absolute Gasteiger partial charge is 0.480 e. The van der Waals surface area contributed by atoms with Crippen molar-refractivity contribution in [2.24, 2.45) is 0 Å². The van der Waals surface area contributed by atoms with Gasteiger partial charge in [-0.1, -0.05) is 0 Å². The first-order chi connectivity index (χ1) is 12.0. The summed E-state index contributed by atoms with van der Waals surface area (Å²) in [5.74, 6) is -1.51. The molecule has 0 aromatic heterocycles. The lowest BCUT2D eigenvalue weighted by atomic mass is 10.1. The van der Waals surface area contributed by atoms with Crippen molar-refractivity contribution in [3.05, 3.63) is 29.3 Å². The number of nitrogens with two attached hydrogens (primary N) is 1. The van der Waals surface area contributed by atoms with Gasteiger partial charge in [0.15, 0.2) is 0 Å². The number of benzene rings is 1. The highest BCUT2D eigenvalue weighted by atomic mass is 32.2. The molecule has 0 radical (unpaired) electrons. The number of aliphatic carboxylic acids is 1. The van der Waals surface area contributed by atoms with Crippen molar-refractivity contribution in [1.82, 2.24) is 4.90 Å². The first kappa shape index (κ1) is 21.8. The number of carbonyl (C=O) groups excluding carboxylic acids is 2. The molecule has 2 amide bonds. The Morgan fingerprint density at radius 3 is 2.38 bits per heavy atom. The van der Waals surface area contributed by atoms with E-state index in [0.717, 1.165) is 0 Å². The van der Waals surface area contributed by atoms with E-state index >= 15 is 0 Å². The summed E-state index contributed by atoms with van der Waals surface area (Å²) in [4.78, 5) is 38.0. The zero-order chi connectivity index (χ0) is 20.1. The molecule has 0 aliphatic rings. The monoisotopic (exact) mass is 382 g/mol. The molecular weight excluding hydrogens is 356 g/mol. The van der Waals surface area contributed by atoms with Crippen LogP contribution in [0.5, 0.6) is 0 Å². The Labute approximate surface area is 157 Å². The number of carboxylic acid groups (broad SMARTS) is 1. The number of imide groups is 1. The number of anilines is 1. The van der Waals surface area contributed by atoms with Gasteiger partial charge in [0.05, 0.1) is 0 Å². The van der Waals surface area contributed by atoms with E-state index < -0.39 is 29.6 Å². The Morgan fingerprint density at radius 1 is 1.31 bits per heavy atom. The zero-order valence-corrected chi connectivity index (χ0v) is 16.6. The minimum Gasteiger partial charge on any atom is -0.480 e. The predicted octanol–water partition coefficient (Wildman–Crippen LogP) is 3.16. The van der Waals surface area contributed by atoms with Crippen LogP contribution in [0.1, 0.15) is 43.1 Å². The van der Waals surface area contributed by atoms with Gasteiger partial charge in [-0.2, -0.15) is 11.8 Å². The highest BCUT2D eigenvalue weighted by Crippen LogP contribution is 2.20. The number of hydrogen-bond acceptors (Lipinski definition) is 6. The Morgan fingerprint density at radius 2 is 1.92 bits per heavy atom. The number of nitrogens with zero attached hydrogens (tertiary/aromatic N) is 1. The fraction of sp³-hybridized carbons (Fsp3) is 0.500. The maximum atomic E-state index is 13.0. The summed E-state index contributed by atoms with van der Waals surface area (Å²) in [6.07, 6.45) is 0.961. The average molecular weight is 382 g/mol. The molecule has 0 saturated heterocycles. The minimum atomic E-state index is -1.32. The van der Waals surface area contributed by atoms with Crippen LogP contribution in [0.3, 0.4) is 0 Å². The molecule has 8 heteroatoms. The molecule has 0 spiro atoms. The molecule has 26 heavy (non-hydrogen) atoms. The van der Waals surface area contributed by atoms with Gasteiger partial charge in [-0.25, -0.2) is 14.5 Å². The van der Waals surface area contributed by atoms with Gasteiger partial charge < -0.3 is 15.6 Å². The third-order valence-corrected chi connectivity index (χ3v) is 4.16. The molecule has 144 valence electrons. The summed E-state index contributed by atoms with van der Waals surface area (Å²) in [6.45, 7) is 6.68. The number of nitrogen functional groups attached to an aromatic ring is 1. The maximum absolute atomic E-state index is 13.0. The summed E-state index contributed by atoms with van der Waals surface area (Å²) in [5.41, 5.74) is 6.25. The van der Waals surface area contributed by atoms with E-state index in [1.54, 1.807) is 33.8 Å². The molecule has 0 saturated carbocycles. The smallest absolute Gasteiger partial charge is 0.418 e. The molecule has 7 nitrogen and oxygen atoms in total. The number of hydrogen-bond donors (Lipinski definition) is 2. The van der Waals surface area contributed by atoms with Crippen LogP contribution in [0, 0.1) is 6.92 Å². The van der Waals surface area contributed by atoms with E-state index in [2.05, 4.69) is 0 Å². The van der Waals surface area contributed by atoms with Gasteiger partial charge in [-0.3, -0.25) is 4.79 Å². The molecule has 1 aromatic carbocycles. The van der Waals surface area contributed by atoms with Crippen molar-refractivity contribution in [3.8, 4) is 0 Å². The standard InChI is InChI=1S/C18H26N2O5S/c1-11-10-12(6-7-13(11)19)15(21)20(17(24)25-18(2,3)4)14(16(22)23)8-9-26-5/h6-7,10,14H,8-9,19H2,1-5H3,(H,22,23)/t14-/m0/s1. The first-order valence-electron chi connectivity index (χ1n) is 8.12. The molecule has 3 N–H and O–H groups in total. The molecule has 1 aromatic rings. The van der Waals surface area contributed by atoms with E-state index in [4.69, 9.17) is 10.5 Å². The molecule has 0 fully saturated rings. The van der Waals surface area contributed by atoms with Gasteiger partial charge >= 0.3 is 12.1 Å². The number of ether oxygens (including phenoxy) is 1. The third kappa shape index (κ3) is 5.94. The van der Waals surface area contributed by atoms with Crippen molar-refractivity contribution in [1.29, 1.82) is 0 Å². The summed E-state index contributed by atoms with van der Waals surface area (Å²) >= 11 is 1.43. The van der Waals surface area contributed by atoms with Crippen molar-refractivity contribution in [2.75, 3.05) is 17.7 Å². The van der Waals surface area contributed by atoms with Crippen LogP contribution in [0.15, 0.2) is 18.2 Å². The summed E-state index contributed by atoms with van der Waals surface area (Å²) in [7, 11) is 0. The molecule has 0 aliphatic carbocycles. The van der Waals surface area contributed by atoms with Crippen LogP contribution in [-0.4, -0.2) is 51.6 Å². The Bertz CT molecular complexity index is 685. The van der Waals surface area contributed by atoms with Crippen molar-refractivity contribution in [2.45, 2.75) is 45.8 Å². The van der Waals surface area contributed by atoms with Gasteiger partial charge in [0.2, 0.25) is 0 Å². The van der Waals surface area contributed by atoms with Crippen LogP contribution < -0.4 is 5.73 Å². The quantitative estimate of drug-likeness (QED) is 0.727. The summed E-state index contributed by atoms with van der Waals surface area (Å²) in [6, 6.07) is 3.23. The molecule has 0 unspecified atom stereocenters. The van der Waals surface area contributed by atoms with E-state index in [1.165, 1.54) is 23.9 Å². The van der Waals surface area contributed by atoms with Gasteiger partial charge in [0.25, 0.3) is 5.91 Å². The van der Waals surface area contributed by atoms with E-state index in [9.17, 15) is 19.5 Å². The molecule has 0 bridgehead atoms. The number of carboxylic acids is 1. The van der Waals surface area contributed by atoms with Gasteiger partial charge in [-0.15, -0.1) is 0 Å². The molecule has 1 rings (SSSR count). The molecule has 0 heterocycles. The maximum Gasteiger partial charge on any atom is 0.418 e. The van der Waals surface area contributed by atoms with Gasteiger partial charge in [0, 0.05) is 11.3 Å². The highest BCUT2D eigenvalue weighted by molar-refractivity contribution is 7.98. The Hall–Kier alpha value is -2.22. The average Bonchev–Trinajstić information content (AvgIpc) is 2.51. The van der Waals surface area contributed by atoms with Crippen LogP contribution in [0.2, 0.25) is 0 Å². The fourth-order valence-corrected chi connectivity index (χ4v) is 2.66. The predicted molar refractivity (Wildman–Crippen MR) is 102 cm³/mol. The summed E-state index contributed by atoms with van der Waals surface area (Å²) in [5, 5.41) is 9.58. The first-order valence-corrected chi connectivity index (χ1v) is 9.51. The Kier molecular flexibility index (Phi) is 7.50. The second-order valence-electron chi connectivity index (χ2n) is 6.86. The lowest BCUT2D eigenvalue weighted by molar-refractivity contribution is -0.142. The van der Waals surface area contributed by atoms with Crippen LogP contribution in [0.4, 0.5) is 10.5 Å². The van der Waals surface area contributed by atoms with Crippen LogP contribution in [0.25, 0.3) is 0 Å². The fourth-order valence-electron chi connectivity index (χ4n) is 2.20. The molecule has 0 aliphatic heterocycles. The number of aryl methyl sites for hydroxylation is 1. The van der Waals surface area contributed by atoms with E-state index in [-0.39, 0.29) is 12.0 Å². The highest BCUT2D eigenvalue weighted by Gasteiger charge is 2.38. The van der Waals surface area contributed by atoms with Gasteiger partial charge in [0.1, 0.15) is 11.6 Å². The van der Waals surface area contributed by atoms with Crippen LogP contribution in [-0.2, 0) is 9.53 Å². The number of carbonyl (C=O) groups is 3. The third-order valence-electron chi connectivity index (χ3n) is 3.52. The van der Waals surface area contributed by atoms with Crippen molar-refractivity contribution >= 4 is 35.4 Å². The minimum absolute atomic E-state index is 0.120. The second-order valence-corrected chi connectivity index (χ2v) is 7.85. The molecule has 1 atom stereocenters. The molecular formula is C18H26N2O5S. The van der Waals surface area contributed by atoms with Crippen molar-refractivity contribution < 1.29 is 24.2 Å². The van der Waals surface area contributed by atoms with Gasteiger partial charge in [-0.05, 0) is 69.9 Å².